The number of rotatable bonds is 7. The van der Waals surface area contributed by atoms with Gasteiger partial charge in [-0.05, 0) is 32.1 Å². The summed E-state index contributed by atoms with van der Waals surface area (Å²) in [6, 6.07) is -0.457. The molecular weight excluding hydrogens is 284 g/mol. The van der Waals surface area contributed by atoms with Gasteiger partial charge < -0.3 is 15.3 Å². The van der Waals surface area contributed by atoms with Crippen LogP contribution in [0.3, 0.4) is 0 Å². The quantitative estimate of drug-likeness (QED) is 0.750. The Labute approximate surface area is 132 Å². The van der Waals surface area contributed by atoms with Crippen molar-refractivity contribution < 1.29 is 19.5 Å². The number of likely N-dealkylation sites (tertiary alicyclic amines) is 1. The summed E-state index contributed by atoms with van der Waals surface area (Å²) >= 11 is 0. The molecule has 0 radical (unpaired) electrons. The third-order valence-electron chi connectivity index (χ3n) is 4.84. The SMILES string of the molecule is CCC(=O)N1CCCCC1C(=O)NCC(CC)(CC)C(=O)O. The van der Waals surface area contributed by atoms with E-state index in [0.717, 1.165) is 12.8 Å². The van der Waals surface area contributed by atoms with E-state index < -0.39 is 17.4 Å². The summed E-state index contributed by atoms with van der Waals surface area (Å²) < 4.78 is 0. The van der Waals surface area contributed by atoms with Crippen LogP contribution in [0, 0.1) is 5.41 Å². The lowest BCUT2D eigenvalue weighted by Gasteiger charge is -2.35. The number of carbonyl (C=O) groups is 3. The Morgan fingerprint density at radius 2 is 1.82 bits per heavy atom. The van der Waals surface area contributed by atoms with Crippen LogP contribution in [0.25, 0.3) is 0 Å². The molecule has 1 fully saturated rings. The first-order valence-corrected chi connectivity index (χ1v) is 8.22. The molecule has 0 spiro atoms. The Kier molecular flexibility index (Phi) is 6.84. The molecule has 1 saturated heterocycles. The average Bonchev–Trinajstić information content (AvgIpc) is 2.55. The number of hydrogen-bond acceptors (Lipinski definition) is 3. The maximum atomic E-state index is 12.4. The summed E-state index contributed by atoms with van der Waals surface area (Å²) in [5.74, 6) is -1.13. The number of aliphatic carboxylic acids is 1. The third kappa shape index (κ3) is 3.99. The highest BCUT2D eigenvalue weighted by Crippen LogP contribution is 2.26. The number of nitrogens with one attached hydrogen (secondary N) is 1. The number of carboxylic acids is 1. The molecule has 0 aromatic rings. The number of carboxylic acid groups (broad SMARTS) is 1. The van der Waals surface area contributed by atoms with Crippen LogP contribution in [0.2, 0.25) is 0 Å². The molecule has 0 aliphatic carbocycles. The van der Waals surface area contributed by atoms with Gasteiger partial charge in [-0.1, -0.05) is 20.8 Å². The van der Waals surface area contributed by atoms with E-state index >= 15 is 0 Å². The van der Waals surface area contributed by atoms with E-state index in [4.69, 9.17) is 0 Å². The third-order valence-corrected chi connectivity index (χ3v) is 4.84. The van der Waals surface area contributed by atoms with Crippen LogP contribution in [0.5, 0.6) is 0 Å². The van der Waals surface area contributed by atoms with E-state index in [1.165, 1.54) is 0 Å². The molecule has 6 heteroatoms. The Bertz CT molecular complexity index is 418. The fraction of sp³-hybridized carbons (Fsp3) is 0.812. The number of nitrogens with zero attached hydrogens (tertiary/aromatic N) is 1. The van der Waals surface area contributed by atoms with Crippen molar-refractivity contribution >= 4 is 17.8 Å². The van der Waals surface area contributed by atoms with Gasteiger partial charge in [-0.3, -0.25) is 14.4 Å². The Hall–Kier alpha value is -1.59. The van der Waals surface area contributed by atoms with Crippen molar-refractivity contribution in [3.63, 3.8) is 0 Å². The molecule has 1 aliphatic rings. The molecule has 0 aromatic heterocycles. The zero-order valence-corrected chi connectivity index (χ0v) is 13.9. The van der Waals surface area contributed by atoms with Gasteiger partial charge in [0.2, 0.25) is 11.8 Å². The minimum atomic E-state index is -0.927. The van der Waals surface area contributed by atoms with Crippen molar-refractivity contribution in [3.05, 3.63) is 0 Å². The summed E-state index contributed by atoms with van der Waals surface area (Å²) in [7, 11) is 0. The monoisotopic (exact) mass is 312 g/mol. The molecule has 1 rings (SSSR count). The zero-order chi connectivity index (χ0) is 16.8. The van der Waals surface area contributed by atoms with E-state index in [9.17, 15) is 19.5 Å². The van der Waals surface area contributed by atoms with Gasteiger partial charge >= 0.3 is 5.97 Å². The van der Waals surface area contributed by atoms with E-state index in [0.29, 0.717) is 32.2 Å². The fourth-order valence-electron chi connectivity index (χ4n) is 2.96. The highest BCUT2D eigenvalue weighted by Gasteiger charge is 2.37. The molecule has 1 heterocycles. The smallest absolute Gasteiger partial charge is 0.311 e. The Morgan fingerprint density at radius 1 is 1.18 bits per heavy atom. The second kappa shape index (κ2) is 8.15. The molecule has 2 amide bonds. The second-order valence-electron chi connectivity index (χ2n) is 5.96. The van der Waals surface area contributed by atoms with Crippen LogP contribution in [0.4, 0.5) is 0 Å². The summed E-state index contributed by atoms with van der Waals surface area (Å²) in [6.45, 7) is 6.14. The van der Waals surface area contributed by atoms with Crippen molar-refractivity contribution in [1.82, 2.24) is 10.2 Å². The van der Waals surface area contributed by atoms with E-state index in [1.54, 1.807) is 11.8 Å². The van der Waals surface area contributed by atoms with Crippen molar-refractivity contribution in [2.24, 2.45) is 5.41 Å². The van der Waals surface area contributed by atoms with Crippen molar-refractivity contribution in [1.29, 1.82) is 0 Å². The van der Waals surface area contributed by atoms with Gasteiger partial charge in [0.05, 0.1) is 5.41 Å². The van der Waals surface area contributed by atoms with Gasteiger partial charge in [0, 0.05) is 19.5 Å². The molecule has 0 saturated carbocycles. The van der Waals surface area contributed by atoms with Crippen LogP contribution >= 0.6 is 0 Å². The van der Waals surface area contributed by atoms with Gasteiger partial charge in [0.15, 0.2) is 0 Å². The predicted octanol–water partition coefficient (Wildman–Crippen LogP) is 1.78. The Balaban J connectivity index is 2.73. The summed E-state index contributed by atoms with van der Waals surface area (Å²) in [5.41, 5.74) is -0.927. The van der Waals surface area contributed by atoms with Crippen molar-refractivity contribution in [3.8, 4) is 0 Å². The van der Waals surface area contributed by atoms with Crippen molar-refractivity contribution in [2.75, 3.05) is 13.1 Å². The molecule has 2 N–H and O–H groups in total. The van der Waals surface area contributed by atoms with Gasteiger partial charge in [-0.2, -0.15) is 0 Å². The standard InChI is InChI=1S/C16H28N2O4/c1-4-13(19)18-10-8-7-9-12(18)14(20)17-11-16(5-2,6-3)15(21)22/h12H,4-11H2,1-3H3,(H,17,20)(H,21,22). The van der Waals surface area contributed by atoms with E-state index in [1.807, 2.05) is 13.8 Å². The fourth-order valence-corrected chi connectivity index (χ4v) is 2.96. The highest BCUT2D eigenvalue weighted by molar-refractivity contribution is 5.88. The second-order valence-corrected chi connectivity index (χ2v) is 5.96. The molecule has 126 valence electrons. The predicted molar refractivity (Wildman–Crippen MR) is 83.3 cm³/mol. The van der Waals surface area contributed by atoms with Gasteiger partial charge in [0.1, 0.15) is 6.04 Å². The summed E-state index contributed by atoms with van der Waals surface area (Å²) in [6.07, 6.45) is 3.78. The maximum Gasteiger partial charge on any atom is 0.311 e. The molecule has 0 bridgehead atoms. The minimum absolute atomic E-state index is 0.0182. The first kappa shape index (κ1) is 18.5. The van der Waals surface area contributed by atoms with E-state index in [2.05, 4.69) is 5.32 Å². The molecule has 22 heavy (non-hydrogen) atoms. The minimum Gasteiger partial charge on any atom is -0.481 e. The summed E-state index contributed by atoms with van der Waals surface area (Å²) in [5, 5.41) is 12.2. The maximum absolute atomic E-state index is 12.4. The Morgan fingerprint density at radius 3 is 2.32 bits per heavy atom. The van der Waals surface area contributed by atoms with Gasteiger partial charge in [0.25, 0.3) is 0 Å². The molecule has 6 nitrogen and oxygen atoms in total. The first-order valence-electron chi connectivity index (χ1n) is 8.22. The lowest BCUT2D eigenvalue weighted by atomic mass is 9.82. The van der Waals surface area contributed by atoms with Crippen LogP contribution in [0.1, 0.15) is 59.3 Å². The van der Waals surface area contributed by atoms with Gasteiger partial charge in [-0.15, -0.1) is 0 Å². The molecule has 0 aromatic carbocycles. The average molecular weight is 312 g/mol. The van der Waals surface area contributed by atoms with Crippen LogP contribution in [-0.4, -0.2) is 46.9 Å². The molecular formula is C16H28N2O4. The number of hydrogen-bond donors (Lipinski definition) is 2. The lowest BCUT2D eigenvalue weighted by Crippen LogP contribution is -2.54. The van der Waals surface area contributed by atoms with E-state index in [-0.39, 0.29) is 18.4 Å². The topological polar surface area (TPSA) is 86.7 Å². The van der Waals surface area contributed by atoms with Crippen LogP contribution in [-0.2, 0) is 14.4 Å². The number of carbonyl (C=O) groups excluding carboxylic acids is 2. The van der Waals surface area contributed by atoms with Gasteiger partial charge in [-0.25, -0.2) is 0 Å². The van der Waals surface area contributed by atoms with Crippen LogP contribution < -0.4 is 5.32 Å². The largest absolute Gasteiger partial charge is 0.481 e. The first-order chi connectivity index (χ1) is 10.4. The van der Waals surface area contributed by atoms with Crippen molar-refractivity contribution in [2.45, 2.75) is 65.3 Å². The molecule has 1 unspecified atom stereocenters. The van der Waals surface area contributed by atoms with Crippen LogP contribution in [0.15, 0.2) is 0 Å². The number of piperidine rings is 1. The summed E-state index contributed by atoms with van der Waals surface area (Å²) in [4.78, 5) is 37.5. The molecule has 1 aliphatic heterocycles. The molecule has 1 atom stereocenters. The normalized spacial score (nSPS) is 18.9. The zero-order valence-electron chi connectivity index (χ0n) is 13.9. The highest BCUT2D eigenvalue weighted by atomic mass is 16.4. The lowest BCUT2D eigenvalue weighted by molar-refractivity contribution is -0.150. The number of amides is 2.